The minimum Gasteiger partial charge on any atom is -0.381 e. The summed E-state index contributed by atoms with van der Waals surface area (Å²) in [5.41, 5.74) is 7.09. The van der Waals surface area contributed by atoms with E-state index in [9.17, 15) is 8.42 Å². The third-order valence-corrected chi connectivity index (χ3v) is 5.38. The lowest BCUT2D eigenvalue weighted by molar-refractivity contribution is 0.564. The molecule has 1 aromatic heterocycles. The summed E-state index contributed by atoms with van der Waals surface area (Å²) < 4.78 is 25.6. The lowest BCUT2D eigenvalue weighted by Gasteiger charge is -2.06. The van der Waals surface area contributed by atoms with Gasteiger partial charge in [0.05, 0.1) is 5.25 Å². The standard InChI is InChI=1S/C14H20N4O2S/c1-11(2)21(19,20)14-13(15)18(17-16-14)10-6-9-12-7-4-3-5-8-12/h3-5,7-8,11H,6,9-10,15H2,1-2H3. The fourth-order valence-corrected chi connectivity index (χ4v) is 2.97. The first kappa shape index (κ1) is 15.5. The van der Waals surface area contributed by atoms with Gasteiger partial charge in [-0.1, -0.05) is 35.5 Å². The molecule has 0 aliphatic carbocycles. The summed E-state index contributed by atoms with van der Waals surface area (Å²) in [6, 6.07) is 10.1. The predicted octanol–water partition coefficient (Wildman–Crippen LogP) is 1.68. The number of benzene rings is 1. The van der Waals surface area contributed by atoms with E-state index in [-0.39, 0.29) is 10.8 Å². The monoisotopic (exact) mass is 308 g/mol. The lowest BCUT2D eigenvalue weighted by Crippen LogP contribution is -2.16. The molecule has 0 bridgehead atoms. The van der Waals surface area contributed by atoms with Crippen molar-refractivity contribution in [2.24, 2.45) is 0 Å². The van der Waals surface area contributed by atoms with Crippen LogP contribution in [-0.2, 0) is 22.8 Å². The number of rotatable bonds is 6. The topological polar surface area (TPSA) is 90.9 Å². The van der Waals surface area contributed by atoms with Crippen molar-refractivity contribution < 1.29 is 8.42 Å². The van der Waals surface area contributed by atoms with Crippen LogP contribution < -0.4 is 5.73 Å². The molecule has 7 heteroatoms. The number of nitrogens with zero attached hydrogens (tertiary/aromatic N) is 3. The molecule has 21 heavy (non-hydrogen) atoms. The number of sulfone groups is 1. The van der Waals surface area contributed by atoms with Gasteiger partial charge in [-0.3, -0.25) is 0 Å². The number of aromatic nitrogens is 3. The SMILES string of the molecule is CC(C)S(=O)(=O)c1nnn(CCCc2ccccc2)c1N. The van der Waals surface area contributed by atoms with E-state index in [4.69, 9.17) is 5.73 Å². The van der Waals surface area contributed by atoms with Gasteiger partial charge in [0.25, 0.3) is 0 Å². The van der Waals surface area contributed by atoms with Crippen LogP contribution in [0.5, 0.6) is 0 Å². The van der Waals surface area contributed by atoms with E-state index in [2.05, 4.69) is 22.4 Å². The number of aryl methyl sites for hydroxylation is 2. The third-order valence-electron chi connectivity index (χ3n) is 3.31. The second-order valence-corrected chi connectivity index (χ2v) is 7.61. The van der Waals surface area contributed by atoms with Gasteiger partial charge in [0, 0.05) is 6.54 Å². The van der Waals surface area contributed by atoms with E-state index in [0.29, 0.717) is 6.54 Å². The fourth-order valence-electron chi connectivity index (χ4n) is 1.97. The Hall–Kier alpha value is -1.89. The van der Waals surface area contributed by atoms with Crippen molar-refractivity contribution in [1.82, 2.24) is 15.0 Å². The average Bonchev–Trinajstić information content (AvgIpc) is 2.82. The van der Waals surface area contributed by atoms with Crippen molar-refractivity contribution in [3.63, 3.8) is 0 Å². The fraction of sp³-hybridized carbons (Fsp3) is 0.429. The van der Waals surface area contributed by atoms with Crippen LogP contribution in [0.15, 0.2) is 35.4 Å². The van der Waals surface area contributed by atoms with Crippen molar-refractivity contribution in [2.45, 2.75) is 43.5 Å². The summed E-state index contributed by atoms with van der Waals surface area (Å²) in [6.07, 6.45) is 1.70. The van der Waals surface area contributed by atoms with Gasteiger partial charge in [-0.25, -0.2) is 13.1 Å². The maximum atomic E-state index is 12.1. The highest BCUT2D eigenvalue weighted by molar-refractivity contribution is 7.92. The molecule has 0 fully saturated rings. The first-order valence-corrected chi connectivity index (χ1v) is 8.44. The molecule has 0 aliphatic rings. The Kier molecular flexibility index (Phi) is 4.62. The largest absolute Gasteiger partial charge is 0.381 e. The van der Waals surface area contributed by atoms with Crippen LogP contribution >= 0.6 is 0 Å². The van der Waals surface area contributed by atoms with Crippen molar-refractivity contribution in [3.05, 3.63) is 35.9 Å². The number of hydrogen-bond acceptors (Lipinski definition) is 5. The van der Waals surface area contributed by atoms with E-state index in [1.807, 2.05) is 18.2 Å². The van der Waals surface area contributed by atoms with Gasteiger partial charge >= 0.3 is 0 Å². The molecular formula is C14H20N4O2S. The second-order valence-electron chi connectivity index (χ2n) is 5.19. The number of nitrogen functional groups attached to an aromatic ring is 1. The Balaban J connectivity index is 2.05. The molecule has 6 nitrogen and oxygen atoms in total. The molecule has 0 saturated heterocycles. The molecule has 2 rings (SSSR count). The smallest absolute Gasteiger partial charge is 0.221 e. The Morgan fingerprint density at radius 1 is 1.24 bits per heavy atom. The maximum Gasteiger partial charge on any atom is 0.221 e. The molecule has 0 spiro atoms. The molecule has 2 aromatic rings. The Morgan fingerprint density at radius 2 is 1.90 bits per heavy atom. The first-order valence-electron chi connectivity index (χ1n) is 6.89. The van der Waals surface area contributed by atoms with E-state index in [1.54, 1.807) is 13.8 Å². The summed E-state index contributed by atoms with van der Waals surface area (Å²) in [4.78, 5) is 0. The van der Waals surface area contributed by atoms with Crippen molar-refractivity contribution >= 4 is 15.7 Å². The zero-order valence-corrected chi connectivity index (χ0v) is 13.0. The molecule has 0 aliphatic heterocycles. The van der Waals surface area contributed by atoms with Crippen LogP contribution in [0.2, 0.25) is 0 Å². The summed E-state index contributed by atoms with van der Waals surface area (Å²) >= 11 is 0. The van der Waals surface area contributed by atoms with Crippen LogP contribution in [0.3, 0.4) is 0 Å². The quantitative estimate of drug-likeness (QED) is 0.876. The van der Waals surface area contributed by atoms with Crippen molar-refractivity contribution in [2.75, 3.05) is 5.73 Å². The Labute approximate surface area is 124 Å². The van der Waals surface area contributed by atoms with Crippen LogP contribution in [0.25, 0.3) is 0 Å². The summed E-state index contributed by atoms with van der Waals surface area (Å²) in [6.45, 7) is 3.74. The normalized spacial score (nSPS) is 12.0. The first-order chi connectivity index (χ1) is 9.93. The zero-order valence-electron chi connectivity index (χ0n) is 12.2. The van der Waals surface area contributed by atoms with Gasteiger partial charge in [0.15, 0.2) is 5.82 Å². The zero-order chi connectivity index (χ0) is 15.5. The van der Waals surface area contributed by atoms with Crippen molar-refractivity contribution in [1.29, 1.82) is 0 Å². The summed E-state index contributed by atoms with van der Waals surface area (Å²) in [5.74, 6) is 0.122. The van der Waals surface area contributed by atoms with Gasteiger partial charge in [0.1, 0.15) is 0 Å². The van der Waals surface area contributed by atoms with E-state index in [0.717, 1.165) is 12.8 Å². The molecule has 2 N–H and O–H groups in total. The van der Waals surface area contributed by atoms with E-state index < -0.39 is 15.1 Å². The summed E-state index contributed by atoms with van der Waals surface area (Å²) in [7, 11) is -3.48. The van der Waals surface area contributed by atoms with Crippen LogP contribution in [0.4, 0.5) is 5.82 Å². The molecule has 0 saturated carbocycles. The third kappa shape index (κ3) is 3.41. The van der Waals surface area contributed by atoms with E-state index >= 15 is 0 Å². The maximum absolute atomic E-state index is 12.1. The number of anilines is 1. The van der Waals surface area contributed by atoms with E-state index in [1.165, 1.54) is 10.2 Å². The van der Waals surface area contributed by atoms with Crippen molar-refractivity contribution in [3.8, 4) is 0 Å². The minimum absolute atomic E-state index is 0.114. The molecule has 114 valence electrons. The molecule has 0 atom stereocenters. The molecule has 0 radical (unpaired) electrons. The Bertz CT molecular complexity index is 693. The molecule has 1 aromatic carbocycles. The van der Waals surface area contributed by atoms with Crippen LogP contribution in [0.1, 0.15) is 25.8 Å². The molecule has 1 heterocycles. The minimum atomic E-state index is -3.48. The van der Waals surface area contributed by atoms with Gasteiger partial charge in [-0.2, -0.15) is 0 Å². The van der Waals surface area contributed by atoms with Gasteiger partial charge in [-0.15, -0.1) is 5.10 Å². The van der Waals surface area contributed by atoms with Crippen LogP contribution in [-0.4, -0.2) is 28.7 Å². The molecule has 0 unspecified atom stereocenters. The van der Waals surface area contributed by atoms with Gasteiger partial charge < -0.3 is 5.73 Å². The average molecular weight is 308 g/mol. The van der Waals surface area contributed by atoms with Gasteiger partial charge in [0.2, 0.25) is 14.9 Å². The Morgan fingerprint density at radius 3 is 2.52 bits per heavy atom. The highest BCUT2D eigenvalue weighted by atomic mass is 32.2. The molecular weight excluding hydrogens is 288 g/mol. The van der Waals surface area contributed by atoms with Gasteiger partial charge in [-0.05, 0) is 32.3 Å². The predicted molar refractivity (Wildman–Crippen MR) is 81.5 cm³/mol. The number of hydrogen-bond donors (Lipinski definition) is 1. The highest BCUT2D eigenvalue weighted by Gasteiger charge is 2.27. The van der Waals surface area contributed by atoms with Crippen LogP contribution in [0, 0.1) is 0 Å². The second kappa shape index (κ2) is 6.26. The summed E-state index contributed by atoms with van der Waals surface area (Å²) in [5, 5.41) is 6.92. The number of nitrogens with two attached hydrogens (primary N) is 1. The molecule has 0 amide bonds. The highest BCUT2D eigenvalue weighted by Crippen LogP contribution is 2.20. The lowest BCUT2D eigenvalue weighted by atomic mass is 10.1.